The molecule has 0 saturated carbocycles. The number of halogens is 1. The molecule has 98 valence electrons. The molecule has 3 aromatic rings. The van der Waals surface area contributed by atoms with Gasteiger partial charge in [-0.2, -0.15) is 0 Å². The predicted octanol–water partition coefficient (Wildman–Crippen LogP) is 3.19. The highest BCUT2D eigenvalue weighted by Gasteiger charge is 2.15. The molecule has 0 radical (unpaired) electrons. The van der Waals surface area contributed by atoms with Gasteiger partial charge in [-0.05, 0) is 18.7 Å². The number of benzene rings is 1. The summed E-state index contributed by atoms with van der Waals surface area (Å²) in [5.74, 6) is -0.220. The van der Waals surface area contributed by atoms with Gasteiger partial charge in [0, 0.05) is 22.9 Å². The number of hydrogen-bond acceptors (Lipinski definition) is 4. The van der Waals surface area contributed by atoms with Crippen LogP contribution in [-0.4, -0.2) is 15.9 Å². The fourth-order valence-electron chi connectivity index (χ4n) is 1.89. The van der Waals surface area contributed by atoms with Crippen molar-refractivity contribution in [3.8, 4) is 0 Å². The van der Waals surface area contributed by atoms with Crippen LogP contribution in [0.4, 0.5) is 4.39 Å². The van der Waals surface area contributed by atoms with Crippen molar-refractivity contribution in [2.24, 2.45) is 5.73 Å². The second-order valence-electron chi connectivity index (χ2n) is 3.99. The zero-order chi connectivity index (χ0) is 13.2. The zero-order valence-corrected chi connectivity index (χ0v) is 11.7. The molecule has 6 heteroatoms. The molecule has 2 N–H and O–H groups in total. The summed E-state index contributed by atoms with van der Waals surface area (Å²) in [4.78, 5) is 6.06. The highest BCUT2D eigenvalue weighted by atomic mass is 32.2. The molecule has 3 rings (SSSR count). The van der Waals surface area contributed by atoms with Gasteiger partial charge in [0.1, 0.15) is 10.8 Å². The summed E-state index contributed by atoms with van der Waals surface area (Å²) in [5.41, 5.74) is 6.70. The van der Waals surface area contributed by atoms with E-state index in [1.54, 1.807) is 23.5 Å². The highest BCUT2D eigenvalue weighted by Crippen LogP contribution is 2.33. The molecule has 0 aliphatic carbocycles. The van der Waals surface area contributed by atoms with Crippen LogP contribution in [0.25, 0.3) is 4.96 Å². The number of aromatic nitrogens is 2. The van der Waals surface area contributed by atoms with Crippen LogP contribution in [0.3, 0.4) is 0 Å². The van der Waals surface area contributed by atoms with Gasteiger partial charge in [-0.15, -0.1) is 11.3 Å². The molecule has 0 aliphatic heterocycles. The number of fused-ring (bicyclic) bond motifs is 1. The average Bonchev–Trinajstić information content (AvgIpc) is 2.96. The first-order chi connectivity index (χ1) is 9.29. The molecule has 0 spiro atoms. The number of imidazole rings is 1. The molecular formula is C13H12FN3S2. The van der Waals surface area contributed by atoms with Gasteiger partial charge in [-0.3, -0.25) is 4.40 Å². The quantitative estimate of drug-likeness (QED) is 0.803. The molecule has 0 unspecified atom stereocenters. The van der Waals surface area contributed by atoms with Crippen LogP contribution in [0.5, 0.6) is 0 Å². The van der Waals surface area contributed by atoms with Gasteiger partial charge < -0.3 is 5.73 Å². The number of thiazole rings is 1. The number of nitrogens with zero attached hydrogens (tertiary/aromatic N) is 2. The maximum atomic E-state index is 13.7. The van der Waals surface area contributed by atoms with E-state index in [0.717, 1.165) is 22.1 Å². The monoisotopic (exact) mass is 293 g/mol. The van der Waals surface area contributed by atoms with Crippen molar-refractivity contribution in [3.63, 3.8) is 0 Å². The lowest BCUT2D eigenvalue weighted by Crippen LogP contribution is -2.05. The first-order valence-corrected chi connectivity index (χ1v) is 7.56. The van der Waals surface area contributed by atoms with Crippen LogP contribution in [0.15, 0.2) is 45.8 Å². The summed E-state index contributed by atoms with van der Waals surface area (Å²) in [7, 11) is 0. The van der Waals surface area contributed by atoms with E-state index in [1.807, 2.05) is 22.0 Å². The standard InChI is InChI=1S/C13H12FN3S2/c14-9-3-1-2-4-11(9)19-12-10(5-6-15)17-7-8-18-13(17)16-12/h1-4,7-8H,5-6,15H2. The third-order valence-electron chi connectivity index (χ3n) is 2.75. The Morgan fingerprint density at radius 3 is 3.00 bits per heavy atom. The van der Waals surface area contributed by atoms with E-state index >= 15 is 0 Å². The van der Waals surface area contributed by atoms with Gasteiger partial charge in [0.25, 0.3) is 0 Å². The van der Waals surface area contributed by atoms with E-state index in [0.29, 0.717) is 11.4 Å². The molecule has 2 aromatic heterocycles. The minimum Gasteiger partial charge on any atom is -0.330 e. The van der Waals surface area contributed by atoms with Crippen LogP contribution in [0, 0.1) is 5.82 Å². The Morgan fingerprint density at radius 2 is 2.21 bits per heavy atom. The fourth-order valence-corrected chi connectivity index (χ4v) is 3.65. The highest BCUT2D eigenvalue weighted by molar-refractivity contribution is 7.99. The molecule has 2 heterocycles. The van der Waals surface area contributed by atoms with Gasteiger partial charge >= 0.3 is 0 Å². The lowest BCUT2D eigenvalue weighted by molar-refractivity contribution is 0.602. The Balaban J connectivity index is 2.02. The Labute approximate surface area is 118 Å². The Hall–Kier alpha value is -1.37. The molecule has 0 atom stereocenters. The van der Waals surface area contributed by atoms with Crippen molar-refractivity contribution in [3.05, 3.63) is 47.4 Å². The second-order valence-corrected chi connectivity index (χ2v) is 5.89. The third-order valence-corrected chi connectivity index (χ3v) is 4.58. The van der Waals surface area contributed by atoms with E-state index in [-0.39, 0.29) is 5.82 Å². The summed E-state index contributed by atoms with van der Waals surface area (Å²) in [6, 6.07) is 6.74. The first kappa shape index (κ1) is 12.7. The molecule has 0 bridgehead atoms. The Kier molecular flexibility index (Phi) is 3.54. The van der Waals surface area contributed by atoms with Crippen LogP contribution < -0.4 is 5.73 Å². The van der Waals surface area contributed by atoms with E-state index < -0.39 is 0 Å². The topological polar surface area (TPSA) is 43.3 Å². The van der Waals surface area contributed by atoms with Crippen molar-refractivity contribution in [2.75, 3.05) is 6.54 Å². The molecule has 0 fully saturated rings. The number of nitrogens with two attached hydrogens (primary N) is 1. The summed E-state index contributed by atoms with van der Waals surface area (Å²) in [6.45, 7) is 0.550. The Morgan fingerprint density at radius 1 is 1.37 bits per heavy atom. The van der Waals surface area contributed by atoms with Crippen molar-refractivity contribution in [1.82, 2.24) is 9.38 Å². The summed E-state index contributed by atoms with van der Waals surface area (Å²) >= 11 is 2.92. The smallest absolute Gasteiger partial charge is 0.194 e. The lowest BCUT2D eigenvalue weighted by Gasteiger charge is -2.03. The summed E-state index contributed by atoms with van der Waals surface area (Å²) < 4.78 is 15.7. The fraction of sp³-hybridized carbons (Fsp3) is 0.154. The third kappa shape index (κ3) is 2.39. The van der Waals surface area contributed by atoms with Crippen LogP contribution in [-0.2, 0) is 6.42 Å². The molecule has 3 nitrogen and oxygen atoms in total. The average molecular weight is 293 g/mol. The molecular weight excluding hydrogens is 281 g/mol. The van der Waals surface area contributed by atoms with Crippen molar-refractivity contribution in [1.29, 1.82) is 0 Å². The maximum absolute atomic E-state index is 13.7. The Bertz CT molecular complexity index is 705. The lowest BCUT2D eigenvalue weighted by atomic mass is 10.3. The number of hydrogen-bond donors (Lipinski definition) is 1. The van der Waals surface area contributed by atoms with E-state index in [9.17, 15) is 4.39 Å². The van der Waals surface area contributed by atoms with Gasteiger partial charge in [0.15, 0.2) is 4.96 Å². The summed E-state index contributed by atoms with van der Waals surface area (Å²) in [6.07, 6.45) is 2.71. The van der Waals surface area contributed by atoms with Crippen molar-refractivity contribution in [2.45, 2.75) is 16.3 Å². The molecule has 0 saturated heterocycles. The minimum atomic E-state index is -0.220. The molecule has 0 aliphatic rings. The van der Waals surface area contributed by atoms with Crippen LogP contribution in [0.2, 0.25) is 0 Å². The predicted molar refractivity (Wildman–Crippen MR) is 76.4 cm³/mol. The SMILES string of the molecule is NCCc1c(Sc2ccccc2F)nc2sccn12. The van der Waals surface area contributed by atoms with Crippen LogP contribution in [0.1, 0.15) is 5.69 Å². The minimum absolute atomic E-state index is 0.220. The first-order valence-electron chi connectivity index (χ1n) is 5.86. The van der Waals surface area contributed by atoms with Gasteiger partial charge in [0.2, 0.25) is 0 Å². The van der Waals surface area contributed by atoms with Crippen molar-refractivity contribution >= 4 is 28.1 Å². The van der Waals surface area contributed by atoms with E-state index in [1.165, 1.54) is 17.8 Å². The summed E-state index contributed by atoms with van der Waals surface area (Å²) in [5, 5.41) is 2.82. The van der Waals surface area contributed by atoms with E-state index in [4.69, 9.17) is 5.73 Å². The van der Waals surface area contributed by atoms with E-state index in [2.05, 4.69) is 4.98 Å². The molecule has 1 aromatic carbocycles. The van der Waals surface area contributed by atoms with Crippen LogP contribution >= 0.6 is 23.1 Å². The van der Waals surface area contributed by atoms with Gasteiger partial charge in [0.05, 0.1) is 5.69 Å². The maximum Gasteiger partial charge on any atom is 0.194 e. The number of rotatable bonds is 4. The second kappa shape index (κ2) is 5.32. The zero-order valence-electron chi connectivity index (χ0n) is 10.0. The normalized spacial score (nSPS) is 11.3. The van der Waals surface area contributed by atoms with Gasteiger partial charge in [-0.1, -0.05) is 23.9 Å². The molecule has 19 heavy (non-hydrogen) atoms. The van der Waals surface area contributed by atoms with Gasteiger partial charge in [-0.25, -0.2) is 9.37 Å². The largest absolute Gasteiger partial charge is 0.330 e. The van der Waals surface area contributed by atoms with Crippen molar-refractivity contribution < 1.29 is 4.39 Å². The molecule has 0 amide bonds.